The summed E-state index contributed by atoms with van der Waals surface area (Å²) in [5, 5.41) is 17.3. The molecule has 8 nitrogen and oxygen atoms in total. The number of carboxylic acids is 2. The van der Waals surface area contributed by atoms with Crippen molar-refractivity contribution in [2.45, 2.75) is 11.4 Å². The van der Waals surface area contributed by atoms with Crippen LogP contribution in [0.1, 0.15) is 5.56 Å². The van der Waals surface area contributed by atoms with Crippen LogP contribution in [-0.2, 0) is 26.2 Å². The van der Waals surface area contributed by atoms with Gasteiger partial charge in [-0.3, -0.25) is 4.90 Å². The van der Waals surface area contributed by atoms with Gasteiger partial charge in [-0.2, -0.15) is 4.31 Å². The lowest BCUT2D eigenvalue weighted by Crippen LogP contribution is -2.48. The number of aliphatic carboxylic acids is 2. The monoisotopic (exact) mass is 456 g/mol. The molecule has 4 rings (SSSR count). The Bertz CT molecular complexity index is 1170. The van der Waals surface area contributed by atoms with Crippen molar-refractivity contribution in [1.29, 1.82) is 0 Å². The van der Waals surface area contributed by atoms with Crippen molar-refractivity contribution in [3.63, 3.8) is 0 Å². The maximum atomic E-state index is 12.7. The number of nitrogens with zero attached hydrogens (tertiary/aromatic N) is 2. The second kappa shape index (κ2) is 10.4. The summed E-state index contributed by atoms with van der Waals surface area (Å²) in [6.07, 6.45) is 0. The van der Waals surface area contributed by atoms with Crippen LogP contribution in [0, 0.1) is 0 Å². The van der Waals surface area contributed by atoms with E-state index in [-0.39, 0.29) is 0 Å². The molecule has 0 spiro atoms. The van der Waals surface area contributed by atoms with Crippen LogP contribution in [-0.4, -0.2) is 66.0 Å². The standard InChI is InChI=1S/C21H22N2O2S.C2H2O4/c24-26(25,20-10-2-1-3-11-20)23-15-13-22(14-16-23)17-19-9-6-8-18-7-4-5-12-21(18)19;3-1(4)2(5)6/h1-12H,13-17H2;(H,3,4)(H,5,6). The predicted molar refractivity (Wildman–Crippen MR) is 120 cm³/mol. The molecule has 2 N–H and O–H groups in total. The number of carbonyl (C=O) groups is 2. The van der Waals surface area contributed by atoms with Gasteiger partial charge in [0.15, 0.2) is 0 Å². The average Bonchev–Trinajstić information content (AvgIpc) is 2.81. The van der Waals surface area contributed by atoms with Crippen molar-refractivity contribution in [1.82, 2.24) is 9.21 Å². The molecule has 3 aromatic rings. The lowest BCUT2D eigenvalue weighted by Gasteiger charge is -2.34. The molecule has 0 atom stereocenters. The van der Waals surface area contributed by atoms with Crippen molar-refractivity contribution >= 4 is 32.7 Å². The van der Waals surface area contributed by atoms with Crippen molar-refractivity contribution < 1.29 is 28.2 Å². The van der Waals surface area contributed by atoms with Crippen LogP contribution in [0.3, 0.4) is 0 Å². The lowest BCUT2D eigenvalue weighted by atomic mass is 10.0. The summed E-state index contributed by atoms with van der Waals surface area (Å²) in [4.78, 5) is 20.9. The summed E-state index contributed by atoms with van der Waals surface area (Å²) in [6.45, 7) is 3.40. The van der Waals surface area contributed by atoms with E-state index in [1.54, 1.807) is 28.6 Å². The molecule has 0 unspecified atom stereocenters. The van der Waals surface area contributed by atoms with Crippen LogP contribution in [0.15, 0.2) is 77.7 Å². The van der Waals surface area contributed by atoms with Crippen molar-refractivity contribution in [2.75, 3.05) is 26.2 Å². The highest BCUT2D eigenvalue weighted by molar-refractivity contribution is 7.89. The Balaban J connectivity index is 0.000000427. The van der Waals surface area contributed by atoms with Gasteiger partial charge >= 0.3 is 11.9 Å². The second-order valence-corrected chi connectivity index (χ2v) is 9.18. The van der Waals surface area contributed by atoms with E-state index in [2.05, 4.69) is 47.4 Å². The van der Waals surface area contributed by atoms with Crippen LogP contribution in [0.25, 0.3) is 10.8 Å². The zero-order valence-corrected chi connectivity index (χ0v) is 18.1. The molecule has 0 aliphatic carbocycles. The first-order chi connectivity index (χ1) is 15.3. The van der Waals surface area contributed by atoms with Crippen LogP contribution in [0.4, 0.5) is 0 Å². The molecule has 1 fully saturated rings. The van der Waals surface area contributed by atoms with E-state index in [0.717, 1.165) is 19.6 Å². The second-order valence-electron chi connectivity index (χ2n) is 7.24. The van der Waals surface area contributed by atoms with Crippen LogP contribution in [0.2, 0.25) is 0 Å². The van der Waals surface area contributed by atoms with Gasteiger partial charge in [0.05, 0.1) is 4.90 Å². The Kier molecular flexibility index (Phi) is 7.57. The first-order valence-corrected chi connectivity index (χ1v) is 11.4. The van der Waals surface area contributed by atoms with Gasteiger partial charge in [-0.15, -0.1) is 0 Å². The fourth-order valence-corrected chi connectivity index (χ4v) is 4.98. The predicted octanol–water partition coefficient (Wildman–Crippen LogP) is 2.50. The highest BCUT2D eigenvalue weighted by Crippen LogP contribution is 2.22. The Morgan fingerprint density at radius 3 is 1.94 bits per heavy atom. The Hall–Kier alpha value is -3.27. The van der Waals surface area contributed by atoms with Gasteiger partial charge in [-0.1, -0.05) is 60.7 Å². The van der Waals surface area contributed by atoms with E-state index in [1.165, 1.54) is 16.3 Å². The third-order valence-electron chi connectivity index (χ3n) is 5.17. The fourth-order valence-electron chi connectivity index (χ4n) is 3.54. The topological polar surface area (TPSA) is 115 Å². The van der Waals surface area contributed by atoms with Crippen LogP contribution < -0.4 is 0 Å². The van der Waals surface area contributed by atoms with Gasteiger partial charge in [0, 0.05) is 32.7 Å². The molecule has 1 aliphatic rings. The molecule has 1 saturated heterocycles. The minimum Gasteiger partial charge on any atom is -0.473 e. The number of benzene rings is 3. The van der Waals surface area contributed by atoms with Crippen molar-refractivity contribution in [3.05, 3.63) is 78.4 Å². The normalized spacial score (nSPS) is 15.0. The Morgan fingerprint density at radius 2 is 1.31 bits per heavy atom. The van der Waals surface area contributed by atoms with Gasteiger partial charge in [0.2, 0.25) is 10.0 Å². The smallest absolute Gasteiger partial charge is 0.414 e. The highest BCUT2D eigenvalue weighted by Gasteiger charge is 2.28. The Labute approximate surface area is 186 Å². The van der Waals surface area contributed by atoms with Gasteiger partial charge in [-0.25, -0.2) is 18.0 Å². The maximum Gasteiger partial charge on any atom is 0.414 e. The molecule has 9 heteroatoms. The minimum absolute atomic E-state index is 0.377. The summed E-state index contributed by atoms with van der Waals surface area (Å²) in [5.74, 6) is -3.65. The first-order valence-electron chi connectivity index (χ1n) is 9.99. The lowest BCUT2D eigenvalue weighted by molar-refractivity contribution is -0.159. The summed E-state index contributed by atoms with van der Waals surface area (Å²) in [6, 6.07) is 23.5. The molecule has 0 saturated carbocycles. The number of rotatable bonds is 4. The number of carboxylic acid groups (broad SMARTS) is 2. The summed E-state index contributed by atoms with van der Waals surface area (Å²) < 4.78 is 27.1. The van der Waals surface area contributed by atoms with E-state index in [1.807, 2.05) is 6.07 Å². The van der Waals surface area contributed by atoms with Gasteiger partial charge in [-0.05, 0) is 28.5 Å². The SMILES string of the molecule is O=C(O)C(=O)O.O=S(=O)(c1ccccc1)N1CCN(Cc2cccc3ccccc23)CC1. The number of fused-ring (bicyclic) bond motifs is 1. The molecule has 0 bridgehead atoms. The van der Waals surface area contributed by atoms with E-state index >= 15 is 0 Å². The highest BCUT2D eigenvalue weighted by atomic mass is 32.2. The molecule has 3 aromatic carbocycles. The number of hydrogen-bond acceptors (Lipinski definition) is 5. The fraction of sp³-hybridized carbons (Fsp3) is 0.217. The summed E-state index contributed by atoms with van der Waals surface area (Å²) >= 11 is 0. The summed E-state index contributed by atoms with van der Waals surface area (Å²) in [7, 11) is -3.39. The number of hydrogen-bond donors (Lipinski definition) is 2. The third-order valence-corrected chi connectivity index (χ3v) is 7.08. The van der Waals surface area contributed by atoms with Gasteiger partial charge in [0.1, 0.15) is 0 Å². The molecular weight excluding hydrogens is 432 g/mol. The third kappa shape index (κ3) is 5.70. The molecule has 1 heterocycles. The van der Waals surface area contributed by atoms with E-state index in [0.29, 0.717) is 18.0 Å². The first kappa shape index (κ1) is 23.4. The molecule has 0 aromatic heterocycles. The zero-order valence-electron chi connectivity index (χ0n) is 17.3. The van der Waals surface area contributed by atoms with E-state index in [4.69, 9.17) is 19.8 Å². The Morgan fingerprint density at radius 1 is 0.750 bits per heavy atom. The zero-order chi connectivity index (χ0) is 23.1. The van der Waals surface area contributed by atoms with Gasteiger partial charge in [0.25, 0.3) is 0 Å². The van der Waals surface area contributed by atoms with Gasteiger partial charge < -0.3 is 10.2 Å². The van der Waals surface area contributed by atoms with Crippen LogP contribution >= 0.6 is 0 Å². The quantitative estimate of drug-likeness (QED) is 0.580. The molecule has 168 valence electrons. The molecular formula is C23H24N2O6S. The van der Waals surface area contributed by atoms with Crippen LogP contribution in [0.5, 0.6) is 0 Å². The molecule has 0 radical (unpaired) electrons. The molecule has 0 amide bonds. The molecule has 32 heavy (non-hydrogen) atoms. The minimum atomic E-state index is -3.39. The van der Waals surface area contributed by atoms with E-state index in [9.17, 15) is 8.42 Å². The largest absolute Gasteiger partial charge is 0.473 e. The van der Waals surface area contributed by atoms with Crippen molar-refractivity contribution in [2.24, 2.45) is 0 Å². The summed E-state index contributed by atoms with van der Waals surface area (Å²) in [5.41, 5.74) is 1.29. The van der Waals surface area contributed by atoms with Crippen molar-refractivity contribution in [3.8, 4) is 0 Å². The maximum absolute atomic E-state index is 12.7. The number of piperazine rings is 1. The van der Waals surface area contributed by atoms with E-state index < -0.39 is 22.0 Å². The average molecular weight is 457 g/mol. The number of sulfonamides is 1. The molecule has 1 aliphatic heterocycles.